The Bertz CT molecular complexity index is 1180. The zero-order chi connectivity index (χ0) is 47.1. The van der Waals surface area contributed by atoms with Crippen molar-refractivity contribution in [3.8, 4) is 11.5 Å². The van der Waals surface area contributed by atoms with Gasteiger partial charge in [-0.2, -0.15) is 31.5 Å². The van der Waals surface area contributed by atoms with Crippen LogP contribution in [0.4, 0.5) is 0 Å². The summed E-state index contributed by atoms with van der Waals surface area (Å²) in [5, 5.41) is 0. The van der Waals surface area contributed by atoms with Crippen molar-refractivity contribution in [3.05, 3.63) is 60.7 Å². The topological polar surface area (TPSA) is 111 Å². The molecule has 0 fully saturated rings. The van der Waals surface area contributed by atoms with Crippen LogP contribution in [0.15, 0.2) is 60.7 Å². The molecule has 0 spiro atoms. The van der Waals surface area contributed by atoms with Crippen LogP contribution in [-0.2, 0) is 82.9 Å². The van der Waals surface area contributed by atoms with Crippen molar-refractivity contribution in [1.82, 2.24) is 0 Å². The van der Waals surface area contributed by atoms with Gasteiger partial charge >= 0.3 is 58.4 Å². The van der Waals surface area contributed by atoms with Gasteiger partial charge in [-0.3, -0.25) is 0 Å². The zero-order valence-corrected chi connectivity index (χ0v) is 57.3. The molecule has 0 heterocycles. The first-order valence-corrected chi connectivity index (χ1v) is 36.6. The van der Waals surface area contributed by atoms with Gasteiger partial charge in [0.1, 0.15) is 11.5 Å². The third-order valence-electron chi connectivity index (χ3n) is 12.4. The van der Waals surface area contributed by atoms with Gasteiger partial charge in [-0.05, 0) is 49.9 Å². The van der Waals surface area contributed by atoms with E-state index in [2.05, 4.69) is 27.7 Å². The monoisotopic (exact) mass is 1200 g/mol. The number of hydrogen-bond acceptors (Lipinski definition) is 8. The first-order valence-electron chi connectivity index (χ1n) is 25.8. The predicted octanol–water partition coefficient (Wildman–Crippen LogP) is 14.6. The summed E-state index contributed by atoms with van der Waals surface area (Å²) in [5.74, 6) is 5.82. The molecule has 0 bridgehead atoms. The van der Waals surface area contributed by atoms with E-state index in [1.54, 1.807) is 0 Å². The molecule has 2 rings (SSSR count). The zero-order valence-electron chi connectivity index (χ0n) is 43.3. The van der Waals surface area contributed by atoms with Crippen LogP contribution >= 0.6 is 31.5 Å². The SMILES string of the molecule is CCCCCCCCCS(CCCCCCCCC)(CCOc1ccccc1)[P+]([O-])([O-])[S-].CCCCCCCCCS(CCCCCCCCC)(CCOc1ccccc1)[P+]([O-])([O-])[S-].[Zn+2].[Zn+2].[Zn+2]. The molecule has 2 aromatic rings. The molecular formula is C52H94O6P2S4Zn3+2. The Balaban J connectivity index is -0.00000117. The Kier molecular flexibility index (Phi) is 52.2. The van der Waals surface area contributed by atoms with Gasteiger partial charge in [0.15, 0.2) is 0 Å². The van der Waals surface area contributed by atoms with Gasteiger partial charge in [-0.1, -0.05) is 218 Å². The summed E-state index contributed by atoms with van der Waals surface area (Å²) in [4.78, 5) is 51.7. The van der Waals surface area contributed by atoms with Crippen LogP contribution in [0.3, 0.4) is 0 Å². The Morgan fingerprint density at radius 3 is 0.761 bits per heavy atom. The minimum atomic E-state index is -3.82. The fourth-order valence-electron chi connectivity index (χ4n) is 8.26. The summed E-state index contributed by atoms with van der Waals surface area (Å²) in [6.45, 7) is 9.80. The molecule has 6 nitrogen and oxygen atoms in total. The number of hydrogen-bond donors (Lipinski definition) is 0. The first-order chi connectivity index (χ1) is 30.9. The van der Waals surface area contributed by atoms with Gasteiger partial charge in [-0.25, -0.2) is 0 Å². The predicted molar refractivity (Wildman–Crippen MR) is 289 cm³/mol. The van der Waals surface area contributed by atoms with Crippen LogP contribution < -0.4 is 29.0 Å². The summed E-state index contributed by atoms with van der Waals surface area (Å²) in [5.41, 5.74) is 0. The molecular weight excluding hydrogens is 1110 g/mol. The fourth-order valence-corrected chi connectivity index (χ4v) is 24.6. The average Bonchev–Trinajstić information content (AvgIpc) is 3.27. The van der Waals surface area contributed by atoms with Crippen molar-refractivity contribution in [2.24, 2.45) is 0 Å². The second kappa shape index (κ2) is 47.7. The van der Waals surface area contributed by atoms with Gasteiger partial charge < -0.3 is 53.5 Å². The van der Waals surface area contributed by atoms with E-state index in [4.69, 9.17) is 34.0 Å². The molecule has 0 amide bonds. The van der Waals surface area contributed by atoms with Crippen LogP contribution in [0, 0.1) is 0 Å². The molecule has 0 aliphatic rings. The minimum absolute atomic E-state index is 0. The smallest absolute Gasteiger partial charge is 0.692 e. The molecule has 0 saturated heterocycles. The van der Waals surface area contributed by atoms with Crippen molar-refractivity contribution in [2.45, 2.75) is 207 Å². The van der Waals surface area contributed by atoms with E-state index in [9.17, 15) is 19.6 Å². The van der Waals surface area contributed by atoms with Gasteiger partial charge in [0, 0.05) is 34.5 Å². The number of ether oxygens (including phenoxy) is 2. The van der Waals surface area contributed by atoms with Crippen molar-refractivity contribution in [1.29, 1.82) is 0 Å². The Morgan fingerprint density at radius 2 is 0.552 bits per heavy atom. The van der Waals surface area contributed by atoms with E-state index < -0.39 is 31.5 Å². The van der Waals surface area contributed by atoms with E-state index in [1.165, 1.54) is 128 Å². The summed E-state index contributed by atoms with van der Waals surface area (Å²) in [7, 11) is -3.78. The van der Waals surface area contributed by atoms with Gasteiger partial charge in [0.2, 0.25) is 0 Å². The van der Waals surface area contributed by atoms with Crippen molar-refractivity contribution in [2.75, 3.05) is 47.7 Å². The fraction of sp³-hybridized carbons (Fsp3) is 0.769. The second-order valence-corrected chi connectivity index (χ2v) is 38.0. The van der Waals surface area contributed by atoms with Crippen LogP contribution in [0.2, 0.25) is 0 Å². The Labute approximate surface area is 466 Å². The number of rotatable bonds is 42. The van der Waals surface area contributed by atoms with E-state index in [1.807, 2.05) is 60.7 Å². The molecule has 0 aromatic heterocycles. The largest absolute Gasteiger partial charge is 2.00 e. The van der Waals surface area contributed by atoms with E-state index in [0.29, 0.717) is 24.7 Å². The molecule has 0 saturated carbocycles. The van der Waals surface area contributed by atoms with E-state index >= 15 is 0 Å². The third-order valence-corrected chi connectivity index (χ3v) is 35.0. The number of unbranched alkanes of at least 4 members (excludes halogenated alkanes) is 24. The molecule has 15 heteroatoms. The van der Waals surface area contributed by atoms with Gasteiger partial charge in [0.05, 0.1) is 13.2 Å². The van der Waals surface area contributed by atoms with E-state index in [0.717, 1.165) is 85.9 Å². The van der Waals surface area contributed by atoms with E-state index in [-0.39, 0.29) is 58.4 Å². The molecule has 0 unspecified atom stereocenters. The quantitative estimate of drug-likeness (QED) is 0.0280. The minimum Gasteiger partial charge on any atom is -0.692 e. The van der Waals surface area contributed by atoms with Crippen LogP contribution in [0.1, 0.15) is 207 Å². The number of para-hydroxylation sites is 2. The van der Waals surface area contributed by atoms with Crippen LogP contribution in [0.5, 0.6) is 11.5 Å². The Morgan fingerprint density at radius 1 is 0.343 bits per heavy atom. The first kappa shape index (κ1) is 73.3. The van der Waals surface area contributed by atoms with Crippen molar-refractivity contribution < 1.29 is 87.5 Å². The van der Waals surface area contributed by atoms with Crippen LogP contribution in [0.25, 0.3) is 0 Å². The standard InChI is InChI=1S/2C26H49O3PS2.3Zn/c2*1-3-5-7-9-11-13-18-23-32(30(27,28)31,24-19-14-12-10-8-6-4-2)25-22-29-26-20-16-15-17-21-26;;;/h2*15-17,20-21H,3-14,18-19,22-25H2,1-2H3,(H2,27,28,31);;;/q;;3*+2/p-4. The maximum Gasteiger partial charge on any atom is 2.00 e. The summed E-state index contributed by atoms with van der Waals surface area (Å²) in [6, 6.07) is 19.4. The molecule has 376 valence electrons. The van der Waals surface area contributed by atoms with Gasteiger partial charge in [0.25, 0.3) is 0 Å². The summed E-state index contributed by atoms with van der Waals surface area (Å²) in [6.07, 6.45) is 25.9. The van der Waals surface area contributed by atoms with Crippen molar-refractivity contribution >= 4 is 56.0 Å². The number of benzene rings is 2. The van der Waals surface area contributed by atoms with Crippen LogP contribution in [-0.4, -0.2) is 47.7 Å². The summed E-state index contributed by atoms with van der Waals surface area (Å²) >= 11 is 10.4. The molecule has 67 heavy (non-hydrogen) atoms. The Hall–Kier alpha value is 2.01. The molecule has 0 N–H and O–H groups in total. The molecule has 0 aliphatic carbocycles. The van der Waals surface area contributed by atoms with Gasteiger partial charge in [-0.15, -0.1) is 0 Å². The maximum absolute atomic E-state index is 12.9. The van der Waals surface area contributed by atoms with Crippen molar-refractivity contribution in [3.63, 3.8) is 0 Å². The second-order valence-electron chi connectivity index (χ2n) is 17.9. The molecule has 0 aliphatic heterocycles. The molecule has 0 atom stereocenters. The summed E-state index contributed by atoms with van der Waals surface area (Å²) < 4.78 is 11.8. The average molecular weight is 1200 g/mol. The molecule has 0 radical (unpaired) electrons. The third kappa shape index (κ3) is 36.6. The molecule has 2 aromatic carbocycles. The normalized spacial score (nSPS) is 12.2. The maximum atomic E-state index is 12.9.